The molecule has 160 valence electrons. The van der Waals surface area contributed by atoms with Crippen molar-refractivity contribution in [3.8, 4) is 5.75 Å². The second kappa shape index (κ2) is 10.3. The van der Waals surface area contributed by atoms with Crippen LogP contribution in [0.1, 0.15) is 18.4 Å². The molecular weight excluding hydrogens is 376 g/mol. The Labute approximate surface area is 179 Å². The number of morpholine rings is 1. The highest BCUT2D eigenvalue weighted by molar-refractivity contribution is 5.80. The Bertz CT molecular complexity index is 813. The zero-order valence-electron chi connectivity index (χ0n) is 17.8. The van der Waals surface area contributed by atoms with Crippen LogP contribution in [0.15, 0.2) is 59.6 Å². The summed E-state index contributed by atoms with van der Waals surface area (Å²) in [7, 11) is 1.86. The number of piperidine rings is 1. The van der Waals surface area contributed by atoms with Crippen LogP contribution < -0.4 is 15.0 Å². The number of guanidine groups is 1. The van der Waals surface area contributed by atoms with E-state index in [0.717, 1.165) is 70.5 Å². The summed E-state index contributed by atoms with van der Waals surface area (Å²) in [5.41, 5.74) is 2.58. The summed E-state index contributed by atoms with van der Waals surface area (Å²) in [5.74, 6) is 1.92. The van der Waals surface area contributed by atoms with Crippen molar-refractivity contribution in [1.82, 2.24) is 10.2 Å². The summed E-state index contributed by atoms with van der Waals surface area (Å²) in [5, 5.41) is 3.58. The van der Waals surface area contributed by atoms with Crippen LogP contribution in [-0.2, 0) is 11.3 Å². The van der Waals surface area contributed by atoms with Gasteiger partial charge in [-0.15, -0.1) is 0 Å². The Kier molecular flexibility index (Phi) is 7.08. The minimum atomic E-state index is 0.267. The maximum Gasteiger partial charge on any atom is 0.193 e. The smallest absolute Gasteiger partial charge is 0.193 e. The van der Waals surface area contributed by atoms with Crippen molar-refractivity contribution in [3.63, 3.8) is 0 Å². The van der Waals surface area contributed by atoms with Gasteiger partial charge in [0.2, 0.25) is 0 Å². The van der Waals surface area contributed by atoms with E-state index in [1.165, 1.54) is 11.3 Å². The number of hydrogen-bond donors (Lipinski definition) is 1. The van der Waals surface area contributed by atoms with Crippen molar-refractivity contribution < 1.29 is 9.47 Å². The van der Waals surface area contributed by atoms with Crippen LogP contribution in [0, 0.1) is 0 Å². The highest BCUT2D eigenvalue weighted by Crippen LogP contribution is 2.22. The van der Waals surface area contributed by atoms with Crippen LogP contribution in [-0.4, -0.2) is 63.4 Å². The van der Waals surface area contributed by atoms with E-state index in [1.807, 2.05) is 37.4 Å². The Hall–Kier alpha value is -2.73. The van der Waals surface area contributed by atoms with Gasteiger partial charge in [0.25, 0.3) is 0 Å². The quantitative estimate of drug-likeness (QED) is 0.608. The number of ether oxygens (including phenoxy) is 2. The van der Waals surface area contributed by atoms with E-state index in [0.29, 0.717) is 0 Å². The number of benzene rings is 2. The second-order valence-corrected chi connectivity index (χ2v) is 7.75. The summed E-state index contributed by atoms with van der Waals surface area (Å²) in [6, 6.07) is 18.7. The Morgan fingerprint density at radius 2 is 1.70 bits per heavy atom. The van der Waals surface area contributed by atoms with E-state index < -0.39 is 0 Å². The van der Waals surface area contributed by atoms with Gasteiger partial charge in [-0.25, -0.2) is 0 Å². The standard InChI is InChI=1S/C24H32N4O2/c1-25-24(28-13-11-22(12-14-28)30-21-8-3-2-4-9-21)26-19-20-7-5-6-10-23(20)27-15-17-29-18-16-27/h2-10,22H,11-19H2,1H3,(H,25,26). The molecule has 0 radical (unpaired) electrons. The van der Waals surface area contributed by atoms with Crippen LogP contribution in [0.5, 0.6) is 5.75 Å². The molecule has 0 aliphatic carbocycles. The average Bonchev–Trinajstić information content (AvgIpc) is 2.82. The Morgan fingerprint density at radius 1 is 1.00 bits per heavy atom. The van der Waals surface area contributed by atoms with E-state index in [2.05, 4.69) is 44.4 Å². The van der Waals surface area contributed by atoms with Crippen molar-refractivity contribution in [2.24, 2.45) is 4.99 Å². The van der Waals surface area contributed by atoms with Crippen LogP contribution in [0.3, 0.4) is 0 Å². The molecule has 2 saturated heterocycles. The molecule has 2 aliphatic heterocycles. The van der Waals surface area contributed by atoms with Gasteiger partial charge in [-0.3, -0.25) is 4.99 Å². The minimum Gasteiger partial charge on any atom is -0.490 e. The molecule has 2 aliphatic rings. The molecule has 30 heavy (non-hydrogen) atoms. The topological polar surface area (TPSA) is 49.3 Å². The number of hydrogen-bond acceptors (Lipinski definition) is 4. The maximum atomic E-state index is 6.13. The van der Waals surface area contributed by atoms with Crippen LogP contribution in [0.25, 0.3) is 0 Å². The zero-order valence-corrected chi connectivity index (χ0v) is 17.8. The second-order valence-electron chi connectivity index (χ2n) is 7.75. The summed E-state index contributed by atoms with van der Waals surface area (Å²) in [4.78, 5) is 9.28. The molecule has 6 heteroatoms. The summed E-state index contributed by atoms with van der Waals surface area (Å²) in [6.07, 6.45) is 2.27. The monoisotopic (exact) mass is 408 g/mol. The molecule has 2 aromatic rings. The SMILES string of the molecule is CN=C(NCc1ccccc1N1CCOCC1)N1CCC(Oc2ccccc2)CC1. The molecule has 1 N–H and O–H groups in total. The molecule has 0 unspecified atom stereocenters. The fraction of sp³-hybridized carbons (Fsp3) is 0.458. The molecule has 0 aromatic heterocycles. The number of nitrogens with zero attached hydrogens (tertiary/aromatic N) is 3. The predicted octanol–water partition coefficient (Wildman–Crippen LogP) is 3.14. The molecule has 0 bridgehead atoms. The first-order valence-corrected chi connectivity index (χ1v) is 10.9. The molecule has 0 amide bonds. The van der Waals surface area contributed by atoms with E-state index in [-0.39, 0.29) is 6.10 Å². The highest BCUT2D eigenvalue weighted by atomic mass is 16.5. The largest absolute Gasteiger partial charge is 0.490 e. The lowest BCUT2D eigenvalue weighted by molar-refractivity contribution is 0.122. The Morgan fingerprint density at radius 3 is 2.43 bits per heavy atom. The van der Waals surface area contributed by atoms with Crippen LogP contribution in [0.2, 0.25) is 0 Å². The first-order chi connectivity index (χ1) is 14.8. The molecule has 2 heterocycles. The van der Waals surface area contributed by atoms with Gasteiger partial charge in [0, 0.05) is 58.3 Å². The minimum absolute atomic E-state index is 0.267. The molecule has 2 fully saturated rings. The summed E-state index contributed by atoms with van der Waals surface area (Å²) >= 11 is 0. The first kappa shape index (κ1) is 20.5. The molecule has 6 nitrogen and oxygen atoms in total. The van der Waals surface area contributed by atoms with Crippen molar-refractivity contribution in [2.75, 3.05) is 51.3 Å². The van der Waals surface area contributed by atoms with Crippen molar-refractivity contribution >= 4 is 11.6 Å². The number of rotatable bonds is 5. The molecule has 0 spiro atoms. The first-order valence-electron chi connectivity index (χ1n) is 10.9. The van der Waals surface area contributed by atoms with Crippen molar-refractivity contribution in [2.45, 2.75) is 25.5 Å². The number of para-hydroxylation sites is 2. The van der Waals surface area contributed by atoms with Gasteiger partial charge in [0.15, 0.2) is 5.96 Å². The number of aliphatic imine (C=N–C) groups is 1. The van der Waals surface area contributed by atoms with E-state index in [1.54, 1.807) is 0 Å². The Balaban J connectivity index is 1.31. The lowest BCUT2D eigenvalue weighted by atomic mass is 10.1. The van der Waals surface area contributed by atoms with Crippen LogP contribution in [0.4, 0.5) is 5.69 Å². The fourth-order valence-electron chi connectivity index (χ4n) is 4.16. The van der Waals surface area contributed by atoms with Gasteiger partial charge in [0.05, 0.1) is 13.2 Å². The zero-order chi connectivity index (χ0) is 20.6. The van der Waals surface area contributed by atoms with E-state index in [4.69, 9.17) is 9.47 Å². The van der Waals surface area contributed by atoms with Crippen molar-refractivity contribution in [1.29, 1.82) is 0 Å². The molecule has 4 rings (SSSR count). The molecule has 0 atom stereocenters. The lowest BCUT2D eigenvalue weighted by Gasteiger charge is -2.35. The lowest BCUT2D eigenvalue weighted by Crippen LogP contribution is -2.47. The molecular formula is C24H32N4O2. The average molecular weight is 409 g/mol. The third-order valence-corrected chi connectivity index (χ3v) is 5.78. The predicted molar refractivity (Wildman–Crippen MR) is 121 cm³/mol. The van der Waals surface area contributed by atoms with Crippen molar-refractivity contribution in [3.05, 3.63) is 60.2 Å². The van der Waals surface area contributed by atoms with E-state index in [9.17, 15) is 0 Å². The molecule has 0 saturated carbocycles. The number of anilines is 1. The van der Waals surface area contributed by atoms with Gasteiger partial charge in [-0.05, 0) is 23.8 Å². The van der Waals surface area contributed by atoms with Crippen LogP contribution >= 0.6 is 0 Å². The maximum absolute atomic E-state index is 6.13. The highest BCUT2D eigenvalue weighted by Gasteiger charge is 2.23. The number of likely N-dealkylation sites (tertiary alicyclic amines) is 1. The third-order valence-electron chi connectivity index (χ3n) is 5.78. The van der Waals surface area contributed by atoms with Gasteiger partial charge in [-0.1, -0.05) is 36.4 Å². The summed E-state index contributed by atoms with van der Waals surface area (Å²) < 4.78 is 11.6. The van der Waals surface area contributed by atoms with Gasteiger partial charge >= 0.3 is 0 Å². The molecule has 2 aromatic carbocycles. The van der Waals surface area contributed by atoms with Gasteiger partial charge in [-0.2, -0.15) is 0 Å². The fourth-order valence-corrected chi connectivity index (χ4v) is 4.16. The summed E-state index contributed by atoms with van der Waals surface area (Å²) in [6.45, 7) is 6.14. The van der Waals surface area contributed by atoms with Gasteiger partial charge in [0.1, 0.15) is 11.9 Å². The van der Waals surface area contributed by atoms with Gasteiger partial charge < -0.3 is 24.6 Å². The normalized spacial score (nSPS) is 18.4. The van der Waals surface area contributed by atoms with E-state index >= 15 is 0 Å². The number of nitrogens with one attached hydrogen (secondary N) is 1. The third kappa shape index (κ3) is 5.25.